The monoisotopic (exact) mass is 499 g/mol. The molecule has 180 valence electrons. The van der Waals surface area contributed by atoms with Gasteiger partial charge in [0.25, 0.3) is 17.7 Å². The molecule has 0 fully saturated rings. The average molecular weight is 500 g/mol. The molecule has 3 amide bonds. The number of thiophene rings is 1. The third-order valence-corrected chi connectivity index (χ3v) is 6.76. The highest BCUT2D eigenvalue weighted by Crippen LogP contribution is 2.33. The number of carbonyl (C=O) groups is 4. The number of nitrogens with zero attached hydrogens (tertiary/aromatic N) is 2. The quantitative estimate of drug-likeness (QED) is 0.292. The Hall–Kier alpha value is -4.50. The van der Waals surface area contributed by atoms with Gasteiger partial charge in [-0.1, -0.05) is 12.1 Å². The maximum absolute atomic E-state index is 13.0. The number of ether oxygens (including phenoxy) is 1. The van der Waals surface area contributed by atoms with E-state index in [9.17, 15) is 19.2 Å². The van der Waals surface area contributed by atoms with Gasteiger partial charge in [0.1, 0.15) is 5.00 Å². The van der Waals surface area contributed by atoms with Crippen molar-refractivity contribution in [3.63, 3.8) is 0 Å². The molecule has 0 saturated heterocycles. The van der Waals surface area contributed by atoms with Crippen molar-refractivity contribution < 1.29 is 23.9 Å². The molecule has 1 N–H and O–H groups in total. The van der Waals surface area contributed by atoms with Crippen LogP contribution in [-0.4, -0.2) is 39.8 Å². The van der Waals surface area contributed by atoms with E-state index in [1.807, 2.05) is 41.2 Å². The molecule has 0 spiro atoms. The minimum atomic E-state index is -0.597. The van der Waals surface area contributed by atoms with Gasteiger partial charge in [0.2, 0.25) is 0 Å². The molecule has 0 atom stereocenters. The van der Waals surface area contributed by atoms with Crippen molar-refractivity contribution in [2.45, 2.75) is 13.5 Å². The van der Waals surface area contributed by atoms with Crippen LogP contribution in [0.3, 0.4) is 0 Å². The average Bonchev–Trinajstić information content (AvgIpc) is 3.61. The van der Waals surface area contributed by atoms with Crippen molar-refractivity contribution in [2.75, 3.05) is 11.9 Å². The first-order valence-electron chi connectivity index (χ1n) is 11.3. The second kappa shape index (κ2) is 9.63. The highest BCUT2D eigenvalue weighted by atomic mass is 32.1. The van der Waals surface area contributed by atoms with E-state index < -0.39 is 23.7 Å². The number of aromatic nitrogens is 1. The number of benzene rings is 2. The topological polar surface area (TPSA) is 97.7 Å². The summed E-state index contributed by atoms with van der Waals surface area (Å²) in [6.45, 7) is 1.83. The van der Waals surface area contributed by atoms with Crippen molar-refractivity contribution in [1.82, 2.24) is 9.47 Å². The Balaban J connectivity index is 1.38. The predicted molar refractivity (Wildman–Crippen MR) is 135 cm³/mol. The van der Waals surface area contributed by atoms with Gasteiger partial charge in [-0.3, -0.25) is 19.3 Å². The van der Waals surface area contributed by atoms with Crippen LogP contribution in [-0.2, 0) is 11.3 Å². The third-order valence-electron chi connectivity index (χ3n) is 5.73. The number of hydrogen-bond donors (Lipinski definition) is 1. The Labute approximate surface area is 210 Å². The largest absolute Gasteiger partial charge is 0.462 e. The molecule has 0 bridgehead atoms. The number of fused-ring (bicyclic) bond motifs is 1. The normalized spacial score (nSPS) is 12.5. The Bertz CT molecular complexity index is 1440. The van der Waals surface area contributed by atoms with Crippen molar-refractivity contribution in [2.24, 2.45) is 0 Å². The van der Waals surface area contributed by atoms with Crippen molar-refractivity contribution in [3.05, 3.63) is 106 Å². The smallest absolute Gasteiger partial charge is 0.341 e. The minimum absolute atomic E-state index is 0.0230. The van der Waals surface area contributed by atoms with Crippen LogP contribution in [0.25, 0.3) is 5.69 Å². The standard InChI is InChI=1S/C27H21N3O5S/c1-2-35-27(34)22-15-19(16-30-25(32)20-7-3-4-8-21(20)26(30)33)36-24(22)28-23(31)17-9-11-18(12-10-17)29-13-5-6-14-29/h3-15H,2,16H2,1H3,(H,28,31). The second-order valence-electron chi connectivity index (χ2n) is 8.01. The summed E-state index contributed by atoms with van der Waals surface area (Å²) in [5, 5.41) is 3.08. The van der Waals surface area contributed by atoms with Gasteiger partial charge in [0.05, 0.1) is 29.8 Å². The molecule has 1 aliphatic rings. The Morgan fingerprint density at radius 3 is 2.17 bits per heavy atom. The van der Waals surface area contributed by atoms with Gasteiger partial charge in [-0.05, 0) is 61.5 Å². The summed E-state index contributed by atoms with van der Waals surface area (Å²) < 4.78 is 7.08. The molecule has 0 aliphatic carbocycles. The van der Waals surface area contributed by atoms with Crippen LogP contribution in [0.4, 0.5) is 5.00 Å². The molecule has 4 aromatic rings. The fraction of sp³-hybridized carbons (Fsp3) is 0.111. The van der Waals surface area contributed by atoms with Crippen LogP contribution in [0.2, 0.25) is 0 Å². The molecule has 36 heavy (non-hydrogen) atoms. The second-order valence-corrected chi connectivity index (χ2v) is 9.15. The molecule has 9 heteroatoms. The molecule has 8 nitrogen and oxygen atoms in total. The molecule has 0 radical (unpaired) electrons. The van der Waals surface area contributed by atoms with Crippen LogP contribution in [0.1, 0.15) is 53.2 Å². The zero-order valence-electron chi connectivity index (χ0n) is 19.3. The Morgan fingerprint density at radius 1 is 0.917 bits per heavy atom. The van der Waals surface area contributed by atoms with Crippen LogP contribution in [0.5, 0.6) is 0 Å². The first-order chi connectivity index (χ1) is 17.5. The van der Waals surface area contributed by atoms with E-state index in [-0.39, 0.29) is 18.7 Å². The summed E-state index contributed by atoms with van der Waals surface area (Å²) in [4.78, 5) is 52.8. The maximum Gasteiger partial charge on any atom is 0.341 e. The maximum atomic E-state index is 13.0. The van der Waals surface area contributed by atoms with Crippen LogP contribution in [0.15, 0.2) is 79.1 Å². The lowest BCUT2D eigenvalue weighted by molar-refractivity contribution is 0.0527. The fourth-order valence-corrected chi connectivity index (χ4v) is 5.01. The highest BCUT2D eigenvalue weighted by molar-refractivity contribution is 7.16. The molecule has 2 aromatic carbocycles. The first-order valence-corrected chi connectivity index (χ1v) is 12.1. The summed E-state index contributed by atoms with van der Waals surface area (Å²) in [5.74, 6) is -1.78. The summed E-state index contributed by atoms with van der Waals surface area (Å²) in [7, 11) is 0. The van der Waals surface area contributed by atoms with Crippen molar-refractivity contribution in [1.29, 1.82) is 0 Å². The highest BCUT2D eigenvalue weighted by Gasteiger charge is 2.35. The number of anilines is 1. The van der Waals surface area contributed by atoms with Gasteiger partial charge in [0, 0.05) is 28.5 Å². The fourth-order valence-electron chi connectivity index (χ4n) is 3.98. The summed E-state index contributed by atoms with van der Waals surface area (Å²) in [6, 6.07) is 19.0. The van der Waals surface area contributed by atoms with Crippen LogP contribution < -0.4 is 5.32 Å². The number of rotatable bonds is 7. The molecular formula is C27H21N3O5S. The van der Waals surface area contributed by atoms with E-state index in [1.165, 1.54) is 0 Å². The number of imide groups is 1. The molecule has 0 unspecified atom stereocenters. The number of esters is 1. The van der Waals surface area contributed by atoms with E-state index >= 15 is 0 Å². The Morgan fingerprint density at radius 2 is 1.56 bits per heavy atom. The minimum Gasteiger partial charge on any atom is -0.462 e. The lowest BCUT2D eigenvalue weighted by Crippen LogP contribution is -2.28. The first kappa shape index (κ1) is 23.3. The number of nitrogens with one attached hydrogen (secondary N) is 1. The molecule has 5 rings (SSSR count). The zero-order valence-corrected chi connectivity index (χ0v) is 20.1. The van der Waals surface area contributed by atoms with E-state index in [1.54, 1.807) is 49.4 Å². The summed E-state index contributed by atoms with van der Waals surface area (Å²) >= 11 is 1.12. The summed E-state index contributed by atoms with van der Waals surface area (Å²) in [5.41, 5.74) is 2.19. The number of hydrogen-bond acceptors (Lipinski definition) is 6. The molecule has 1 aliphatic heterocycles. The van der Waals surface area contributed by atoms with Gasteiger partial charge in [0.15, 0.2) is 0 Å². The Kier molecular flexibility index (Phi) is 6.22. The number of amides is 3. The summed E-state index contributed by atoms with van der Waals surface area (Å²) in [6.07, 6.45) is 3.81. The van der Waals surface area contributed by atoms with E-state index in [4.69, 9.17) is 4.74 Å². The van der Waals surface area contributed by atoms with E-state index in [0.717, 1.165) is 21.9 Å². The van der Waals surface area contributed by atoms with Gasteiger partial charge in [-0.2, -0.15) is 0 Å². The van der Waals surface area contributed by atoms with Crippen molar-refractivity contribution >= 4 is 40.0 Å². The van der Waals surface area contributed by atoms with Gasteiger partial charge >= 0.3 is 5.97 Å². The van der Waals surface area contributed by atoms with E-state index in [0.29, 0.717) is 26.6 Å². The van der Waals surface area contributed by atoms with Crippen molar-refractivity contribution in [3.8, 4) is 5.69 Å². The lowest BCUT2D eigenvalue weighted by atomic mass is 10.1. The van der Waals surface area contributed by atoms with Gasteiger partial charge in [-0.25, -0.2) is 4.79 Å². The number of carbonyl (C=O) groups excluding carboxylic acids is 4. The SMILES string of the molecule is CCOC(=O)c1cc(CN2C(=O)c3ccccc3C2=O)sc1NC(=O)c1ccc(-n2cccc2)cc1. The molecule has 2 aromatic heterocycles. The zero-order chi connectivity index (χ0) is 25.2. The molecular weight excluding hydrogens is 478 g/mol. The third kappa shape index (κ3) is 4.32. The van der Waals surface area contributed by atoms with Crippen LogP contribution >= 0.6 is 11.3 Å². The van der Waals surface area contributed by atoms with Gasteiger partial charge in [-0.15, -0.1) is 11.3 Å². The van der Waals surface area contributed by atoms with Crippen LogP contribution in [0, 0.1) is 0 Å². The van der Waals surface area contributed by atoms with Gasteiger partial charge < -0.3 is 14.6 Å². The predicted octanol–water partition coefficient (Wildman–Crippen LogP) is 4.76. The van der Waals surface area contributed by atoms with E-state index in [2.05, 4.69) is 5.32 Å². The molecule has 3 heterocycles. The lowest BCUT2D eigenvalue weighted by Gasteiger charge is -2.12. The molecule has 0 saturated carbocycles.